The molecule has 0 radical (unpaired) electrons. The highest BCUT2D eigenvalue weighted by atomic mass is 19.1. The minimum absolute atomic E-state index is 0.211. The summed E-state index contributed by atoms with van der Waals surface area (Å²) in [6, 6.07) is 5.16. The minimum atomic E-state index is -0.211. The number of H-pyrrole nitrogens is 1. The van der Waals surface area contributed by atoms with Crippen LogP contribution >= 0.6 is 0 Å². The fraction of sp³-hybridized carbons (Fsp3) is 0.111. The van der Waals surface area contributed by atoms with Crippen LogP contribution in [0.4, 0.5) is 10.1 Å². The van der Waals surface area contributed by atoms with E-state index in [1.165, 1.54) is 0 Å². The van der Waals surface area contributed by atoms with E-state index in [1.54, 1.807) is 25.1 Å². The molecule has 0 spiro atoms. The summed E-state index contributed by atoms with van der Waals surface area (Å²) in [5, 5.41) is 0.563. The van der Waals surface area contributed by atoms with Crippen LogP contribution in [0.1, 0.15) is 5.69 Å². The third kappa shape index (κ3) is 0.863. The van der Waals surface area contributed by atoms with Gasteiger partial charge in [-0.15, -0.1) is 0 Å². The van der Waals surface area contributed by atoms with Crippen LogP contribution in [-0.4, -0.2) is 4.98 Å². The van der Waals surface area contributed by atoms with Crippen LogP contribution in [0.2, 0.25) is 0 Å². The molecule has 2 aromatic rings. The number of anilines is 1. The molecule has 2 rings (SSSR count). The maximum Gasteiger partial charge on any atom is 0.151 e. The standard InChI is InChI=1S/C9H9FN2/c1-5-9(10)7-4-6(11)2-3-8(7)12-5/h2-4,12H,11H2,1H3. The van der Waals surface area contributed by atoms with Gasteiger partial charge in [-0.25, -0.2) is 4.39 Å². The molecule has 0 unspecified atom stereocenters. The fourth-order valence-corrected chi connectivity index (χ4v) is 1.31. The number of aryl methyl sites for hydroxylation is 1. The Morgan fingerprint density at radius 2 is 2.17 bits per heavy atom. The predicted molar refractivity (Wildman–Crippen MR) is 47.4 cm³/mol. The Balaban J connectivity index is 2.88. The summed E-state index contributed by atoms with van der Waals surface area (Å²) in [5.74, 6) is -0.211. The van der Waals surface area contributed by atoms with E-state index in [2.05, 4.69) is 4.98 Å². The maximum atomic E-state index is 13.3. The zero-order chi connectivity index (χ0) is 8.72. The van der Waals surface area contributed by atoms with Gasteiger partial charge >= 0.3 is 0 Å². The van der Waals surface area contributed by atoms with Crippen molar-refractivity contribution in [3.8, 4) is 0 Å². The minimum Gasteiger partial charge on any atom is -0.399 e. The molecule has 0 fully saturated rings. The van der Waals surface area contributed by atoms with Crippen LogP contribution in [0.15, 0.2) is 18.2 Å². The smallest absolute Gasteiger partial charge is 0.151 e. The molecule has 1 aromatic heterocycles. The number of hydrogen-bond donors (Lipinski definition) is 2. The van der Waals surface area contributed by atoms with Gasteiger partial charge in [-0.05, 0) is 25.1 Å². The molecule has 0 aliphatic carbocycles. The lowest BCUT2D eigenvalue weighted by atomic mass is 10.2. The van der Waals surface area contributed by atoms with Crippen LogP contribution in [0.25, 0.3) is 10.9 Å². The van der Waals surface area contributed by atoms with Crippen LogP contribution in [0.3, 0.4) is 0 Å². The van der Waals surface area contributed by atoms with Crippen molar-refractivity contribution in [2.75, 3.05) is 5.73 Å². The number of nitrogens with two attached hydrogens (primary N) is 1. The average Bonchev–Trinajstić information content (AvgIpc) is 2.31. The Morgan fingerprint density at radius 1 is 1.42 bits per heavy atom. The van der Waals surface area contributed by atoms with E-state index in [-0.39, 0.29) is 5.82 Å². The second-order valence-electron chi connectivity index (χ2n) is 2.87. The van der Waals surface area contributed by atoms with E-state index in [4.69, 9.17) is 5.73 Å². The van der Waals surface area contributed by atoms with Crippen molar-refractivity contribution < 1.29 is 4.39 Å². The van der Waals surface area contributed by atoms with Crippen molar-refractivity contribution in [2.45, 2.75) is 6.92 Å². The summed E-state index contributed by atoms with van der Waals surface area (Å²) < 4.78 is 13.3. The lowest BCUT2D eigenvalue weighted by Gasteiger charge is -1.91. The third-order valence-corrected chi connectivity index (χ3v) is 1.93. The first-order valence-corrected chi connectivity index (χ1v) is 3.72. The van der Waals surface area contributed by atoms with E-state index in [0.29, 0.717) is 16.8 Å². The summed E-state index contributed by atoms with van der Waals surface area (Å²) in [5.41, 5.74) is 7.45. The molecule has 3 N–H and O–H groups in total. The zero-order valence-electron chi connectivity index (χ0n) is 6.69. The van der Waals surface area contributed by atoms with E-state index < -0.39 is 0 Å². The SMILES string of the molecule is Cc1[nH]c2ccc(N)cc2c1F. The van der Waals surface area contributed by atoms with E-state index in [1.807, 2.05) is 0 Å². The number of rotatable bonds is 0. The maximum absolute atomic E-state index is 13.3. The van der Waals surface area contributed by atoms with Gasteiger partial charge in [-0.1, -0.05) is 0 Å². The quantitative estimate of drug-likeness (QED) is 0.576. The largest absolute Gasteiger partial charge is 0.399 e. The predicted octanol–water partition coefficient (Wildman–Crippen LogP) is 2.20. The van der Waals surface area contributed by atoms with Crippen LogP contribution < -0.4 is 5.73 Å². The highest BCUT2D eigenvalue weighted by molar-refractivity contribution is 5.84. The first kappa shape index (κ1) is 7.16. The van der Waals surface area contributed by atoms with Gasteiger partial charge in [0.25, 0.3) is 0 Å². The molecule has 1 heterocycles. The Morgan fingerprint density at radius 3 is 2.92 bits per heavy atom. The molecule has 2 nitrogen and oxygen atoms in total. The number of fused-ring (bicyclic) bond motifs is 1. The molecular formula is C9H9FN2. The van der Waals surface area contributed by atoms with E-state index in [0.717, 1.165) is 5.52 Å². The lowest BCUT2D eigenvalue weighted by molar-refractivity contribution is 0.629. The van der Waals surface area contributed by atoms with Crippen LogP contribution in [0.5, 0.6) is 0 Å². The Bertz CT molecular complexity index is 431. The van der Waals surface area contributed by atoms with Gasteiger partial charge in [0.15, 0.2) is 5.82 Å². The van der Waals surface area contributed by atoms with Gasteiger partial charge < -0.3 is 10.7 Å². The van der Waals surface area contributed by atoms with Crippen molar-refractivity contribution in [3.63, 3.8) is 0 Å². The number of benzene rings is 1. The van der Waals surface area contributed by atoms with Crippen LogP contribution in [-0.2, 0) is 0 Å². The van der Waals surface area contributed by atoms with Gasteiger partial charge in [0.1, 0.15) is 0 Å². The van der Waals surface area contributed by atoms with Gasteiger partial charge in [0.05, 0.1) is 0 Å². The van der Waals surface area contributed by atoms with Crippen molar-refractivity contribution >= 4 is 16.6 Å². The molecular weight excluding hydrogens is 155 g/mol. The molecule has 0 aliphatic rings. The molecule has 0 saturated heterocycles. The highest BCUT2D eigenvalue weighted by Crippen LogP contribution is 2.22. The van der Waals surface area contributed by atoms with E-state index in [9.17, 15) is 4.39 Å². The summed E-state index contributed by atoms with van der Waals surface area (Å²) in [6.07, 6.45) is 0. The zero-order valence-corrected chi connectivity index (χ0v) is 6.69. The number of nitrogen functional groups attached to an aromatic ring is 1. The normalized spacial score (nSPS) is 10.8. The number of aromatic nitrogens is 1. The fourth-order valence-electron chi connectivity index (χ4n) is 1.31. The first-order chi connectivity index (χ1) is 5.68. The first-order valence-electron chi connectivity index (χ1n) is 3.72. The molecule has 0 saturated carbocycles. The summed E-state index contributed by atoms with van der Waals surface area (Å²) in [7, 11) is 0. The summed E-state index contributed by atoms with van der Waals surface area (Å²) in [6.45, 7) is 1.70. The third-order valence-electron chi connectivity index (χ3n) is 1.93. The summed E-state index contributed by atoms with van der Waals surface area (Å²) >= 11 is 0. The molecule has 3 heteroatoms. The Kier molecular flexibility index (Phi) is 1.33. The second-order valence-corrected chi connectivity index (χ2v) is 2.87. The van der Waals surface area contributed by atoms with Crippen molar-refractivity contribution in [2.24, 2.45) is 0 Å². The second kappa shape index (κ2) is 2.24. The number of halogens is 1. The Hall–Kier alpha value is -1.51. The molecule has 0 aliphatic heterocycles. The topological polar surface area (TPSA) is 41.8 Å². The highest BCUT2D eigenvalue weighted by Gasteiger charge is 2.06. The number of aromatic amines is 1. The average molecular weight is 164 g/mol. The molecule has 1 aromatic carbocycles. The molecule has 0 bridgehead atoms. The van der Waals surface area contributed by atoms with Gasteiger partial charge in [0.2, 0.25) is 0 Å². The Labute approximate surface area is 69.2 Å². The van der Waals surface area contributed by atoms with Crippen molar-refractivity contribution in [3.05, 3.63) is 29.7 Å². The van der Waals surface area contributed by atoms with E-state index >= 15 is 0 Å². The monoisotopic (exact) mass is 164 g/mol. The molecule has 0 atom stereocenters. The summed E-state index contributed by atoms with van der Waals surface area (Å²) in [4.78, 5) is 2.92. The van der Waals surface area contributed by atoms with Gasteiger partial charge in [0, 0.05) is 22.3 Å². The number of hydrogen-bond acceptors (Lipinski definition) is 1. The molecule has 0 amide bonds. The molecule has 62 valence electrons. The molecule has 12 heavy (non-hydrogen) atoms. The van der Waals surface area contributed by atoms with Crippen LogP contribution in [0, 0.1) is 12.7 Å². The van der Waals surface area contributed by atoms with Gasteiger partial charge in [-0.3, -0.25) is 0 Å². The number of nitrogens with one attached hydrogen (secondary N) is 1. The van der Waals surface area contributed by atoms with Crippen molar-refractivity contribution in [1.82, 2.24) is 4.98 Å². The van der Waals surface area contributed by atoms with Crippen molar-refractivity contribution in [1.29, 1.82) is 0 Å². The van der Waals surface area contributed by atoms with Gasteiger partial charge in [-0.2, -0.15) is 0 Å². The lowest BCUT2D eigenvalue weighted by Crippen LogP contribution is -1.82.